The molecule has 0 saturated carbocycles. The Morgan fingerprint density at radius 2 is 1.77 bits per heavy atom. The summed E-state index contributed by atoms with van der Waals surface area (Å²) in [5.41, 5.74) is 2.00. The SMILES string of the molecule is COc1cnc(Sc2c(-c3ccc(S(C)(=O)=O)nc3)nc(-c3ccccn3)n2C)nc1. The first-order valence-electron chi connectivity index (χ1n) is 9.05. The number of sulfone groups is 1. The van der Waals surface area contributed by atoms with Crippen molar-refractivity contribution in [2.24, 2.45) is 7.05 Å². The first-order valence-corrected chi connectivity index (χ1v) is 11.8. The van der Waals surface area contributed by atoms with E-state index in [9.17, 15) is 8.42 Å². The van der Waals surface area contributed by atoms with Gasteiger partial charge in [-0.05, 0) is 36.0 Å². The molecule has 0 aliphatic carbocycles. The standard InChI is InChI=1S/C20H18N6O3S2/c1-26-18(15-6-4-5-9-21-15)25-17(13-7-8-16(22-10-13)31(3,27)28)19(26)30-20-23-11-14(29-2)12-24-20/h4-12H,1-3H3. The topological polar surface area (TPSA) is 113 Å². The van der Waals surface area contributed by atoms with Crippen LogP contribution in [0, 0.1) is 0 Å². The van der Waals surface area contributed by atoms with Crippen LogP contribution in [0.3, 0.4) is 0 Å². The minimum atomic E-state index is -3.40. The zero-order chi connectivity index (χ0) is 22.0. The molecule has 4 aromatic rings. The fourth-order valence-corrected chi connectivity index (χ4v) is 4.23. The average Bonchev–Trinajstić information content (AvgIpc) is 3.10. The van der Waals surface area contributed by atoms with Crippen molar-refractivity contribution >= 4 is 21.6 Å². The van der Waals surface area contributed by atoms with Gasteiger partial charge in [-0.15, -0.1) is 0 Å². The Morgan fingerprint density at radius 1 is 1.00 bits per heavy atom. The third-order valence-corrected chi connectivity index (χ3v) is 6.41. The molecule has 4 heterocycles. The van der Waals surface area contributed by atoms with E-state index < -0.39 is 9.84 Å². The van der Waals surface area contributed by atoms with Gasteiger partial charge >= 0.3 is 0 Å². The van der Waals surface area contributed by atoms with Gasteiger partial charge in [0.05, 0.1) is 19.5 Å². The van der Waals surface area contributed by atoms with Gasteiger partial charge in [0.2, 0.25) is 0 Å². The fraction of sp³-hybridized carbons (Fsp3) is 0.150. The summed E-state index contributed by atoms with van der Waals surface area (Å²) in [6, 6.07) is 8.75. The number of aromatic nitrogens is 6. The number of hydrogen-bond donors (Lipinski definition) is 0. The van der Waals surface area contributed by atoms with E-state index in [2.05, 4.69) is 19.9 Å². The molecule has 0 aliphatic heterocycles. The van der Waals surface area contributed by atoms with Crippen molar-refractivity contribution in [3.8, 4) is 28.5 Å². The molecule has 0 atom stereocenters. The Bertz CT molecular complexity index is 1310. The molecule has 0 aromatic carbocycles. The summed E-state index contributed by atoms with van der Waals surface area (Å²) in [6.07, 6.45) is 7.50. The molecular formula is C20H18N6O3S2. The van der Waals surface area contributed by atoms with Crippen LogP contribution in [0.25, 0.3) is 22.8 Å². The van der Waals surface area contributed by atoms with Crippen LogP contribution in [0.1, 0.15) is 0 Å². The van der Waals surface area contributed by atoms with Crippen LogP contribution in [0.15, 0.2) is 70.3 Å². The lowest BCUT2D eigenvalue weighted by Gasteiger charge is -2.07. The Morgan fingerprint density at radius 3 is 2.35 bits per heavy atom. The molecule has 31 heavy (non-hydrogen) atoms. The fourth-order valence-electron chi connectivity index (χ4n) is 2.80. The number of rotatable bonds is 6. The lowest BCUT2D eigenvalue weighted by molar-refractivity contribution is 0.409. The summed E-state index contributed by atoms with van der Waals surface area (Å²) in [7, 11) is 0.0354. The Balaban J connectivity index is 1.82. The van der Waals surface area contributed by atoms with Crippen LogP contribution in [-0.2, 0) is 16.9 Å². The normalized spacial score (nSPS) is 11.5. The van der Waals surface area contributed by atoms with Gasteiger partial charge in [-0.3, -0.25) is 4.98 Å². The minimum Gasteiger partial charge on any atom is -0.494 e. The van der Waals surface area contributed by atoms with Gasteiger partial charge in [0, 0.05) is 31.3 Å². The summed E-state index contributed by atoms with van der Waals surface area (Å²) in [5.74, 6) is 1.21. The maximum atomic E-state index is 11.8. The maximum absolute atomic E-state index is 11.8. The van der Waals surface area contributed by atoms with Gasteiger partial charge in [-0.25, -0.2) is 28.4 Å². The quantitative estimate of drug-likeness (QED) is 0.406. The summed E-state index contributed by atoms with van der Waals surface area (Å²) >= 11 is 1.33. The van der Waals surface area contributed by atoms with Crippen molar-refractivity contribution in [3.63, 3.8) is 0 Å². The van der Waals surface area contributed by atoms with Crippen molar-refractivity contribution in [2.45, 2.75) is 15.2 Å². The van der Waals surface area contributed by atoms with Gasteiger partial charge in [-0.1, -0.05) is 6.07 Å². The highest BCUT2D eigenvalue weighted by molar-refractivity contribution is 7.99. The molecule has 0 N–H and O–H groups in total. The Hall–Kier alpha value is -3.31. The predicted molar refractivity (Wildman–Crippen MR) is 115 cm³/mol. The first-order chi connectivity index (χ1) is 14.9. The van der Waals surface area contributed by atoms with Gasteiger partial charge in [-0.2, -0.15) is 0 Å². The zero-order valence-electron chi connectivity index (χ0n) is 16.9. The number of ether oxygens (including phenoxy) is 1. The van der Waals surface area contributed by atoms with Gasteiger partial charge in [0.25, 0.3) is 0 Å². The van der Waals surface area contributed by atoms with Gasteiger partial charge in [0.1, 0.15) is 16.4 Å². The van der Waals surface area contributed by atoms with Crippen molar-refractivity contribution in [1.82, 2.24) is 29.5 Å². The second-order valence-corrected chi connectivity index (χ2v) is 9.45. The minimum absolute atomic E-state index is 0.00446. The highest BCUT2D eigenvalue weighted by atomic mass is 32.2. The third kappa shape index (κ3) is 4.42. The Kier molecular flexibility index (Phi) is 5.70. The monoisotopic (exact) mass is 454 g/mol. The predicted octanol–water partition coefficient (Wildman–Crippen LogP) is 2.90. The molecule has 9 nitrogen and oxygen atoms in total. The number of pyridine rings is 2. The molecule has 0 aliphatic rings. The van der Waals surface area contributed by atoms with Crippen molar-refractivity contribution in [1.29, 1.82) is 0 Å². The van der Waals surface area contributed by atoms with Crippen LogP contribution in [0.4, 0.5) is 0 Å². The van der Waals surface area contributed by atoms with E-state index in [4.69, 9.17) is 9.72 Å². The molecule has 158 valence electrons. The molecule has 0 amide bonds. The third-order valence-electron chi connectivity index (χ3n) is 4.35. The molecule has 0 saturated heterocycles. The number of nitrogens with zero attached hydrogens (tertiary/aromatic N) is 6. The molecule has 4 aromatic heterocycles. The number of methoxy groups -OCH3 is 1. The second kappa shape index (κ2) is 8.44. The Labute approximate surface area is 183 Å². The van der Waals surface area contributed by atoms with Crippen LogP contribution >= 0.6 is 11.8 Å². The van der Waals surface area contributed by atoms with E-state index in [0.717, 1.165) is 11.3 Å². The highest BCUT2D eigenvalue weighted by Crippen LogP contribution is 2.37. The lowest BCUT2D eigenvalue weighted by Crippen LogP contribution is -2.00. The zero-order valence-corrected chi connectivity index (χ0v) is 18.6. The van der Waals surface area contributed by atoms with E-state index >= 15 is 0 Å². The summed E-state index contributed by atoms with van der Waals surface area (Å²) < 4.78 is 30.5. The van der Waals surface area contributed by atoms with Crippen LogP contribution < -0.4 is 4.74 Å². The summed E-state index contributed by atoms with van der Waals surface area (Å²) in [6.45, 7) is 0. The van der Waals surface area contributed by atoms with E-state index in [1.54, 1.807) is 31.8 Å². The molecular weight excluding hydrogens is 436 g/mol. The smallest absolute Gasteiger partial charge is 0.194 e. The molecule has 0 fully saturated rings. The summed E-state index contributed by atoms with van der Waals surface area (Å²) in [4.78, 5) is 21.9. The summed E-state index contributed by atoms with van der Waals surface area (Å²) in [5, 5.41) is 1.28. The van der Waals surface area contributed by atoms with Crippen LogP contribution in [0.5, 0.6) is 5.75 Å². The van der Waals surface area contributed by atoms with Crippen LogP contribution in [-0.4, -0.2) is 51.3 Å². The molecule has 4 rings (SSSR count). The molecule has 0 radical (unpaired) electrons. The van der Waals surface area contributed by atoms with Crippen molar-refractivity contribution in [2.75, 3.05) is 13.4 Å². The largest absolute Gasteiger partial charge is 0.494 e. The lowest BCUT2D eigenvalue weighted by atomic mass is 10.2. The molecule has 0 spiro atoms. The van der Waals surface area contributed by atoms with Crippen molar-refractivity contribution in [3.05, 3.63) is 55.1 Å². The van der Waals surface area contributed by atoms with E-state index in [0.29, 0.717) is 33.7 Å². The molecule has 11 heteroatoms. The molecule has 0 unspecified atom stereocenters. The van der Waals surface area contributed by atoms with Crippen molar-refractivity contribution < 1.29 is 13.2 Å². The number of imidazole rings is 1. The van der Waals surface area contributed by atoms with Gasteiger partial charge < -0.3 is 9.30 Å². The average molecular weight is 455 g/mol. The van der Waals surface area contributed by atoms with E-state index in [1.165, 1.54) is 24.0 Å². The van der Waals surface area contributed by atoms with Crippen LogP contribution in [0.2, 0.25) is 0 Å². The first kappa shape index (κ1) is 20.9. The van der Waals surface area contributed by atoms with E-state index in [-0.39, 0.29) is 5.03 Å². The number of hydrogen-bond acceptors (Lipinski definition) is 9. The second-order valence-electron chi connectivity index (χ2n) is 6.53. The maximum Gasteiger partial charge on any atom is 0.194 e. The van der Waals surface area contributed by atoms with E-state index in [1.807, 2.05) is 29.8 Å². The highest BCUT2D eigenvalue weighted by Gasteiger charge is 2.21. The molecule has 0 bridgehead atoms. The van der Waals surface area contributed by atoms with Gasteiger partial charge in [0.15, 0.2) is 31.6 Å².